The second-order valence-corrected chi connectivity index (χ2v) is 21.3. The Hall–Kier alpha value is -3.27. The van der Waals surface area contributed by atoms with Crippen molar-refractivity contribution in [3.8, 4) is 0 Å². The number of nitrogens with zero attached hydrogens (tertiary/aromatic N) is 1. The van der Waals surface area contributed by atoms with Gasteiger partial charge in [0.2, 0.25) is 0 Å². The predicted octanol–water partition coefficient (Wildman–Crippen LogP) is 16.5. The van der Waals surface area contributed by atoms with E-state index in [9.17, 15) is 19.5 Å². The van der Waals surface area contributed by atoms with Gasteiger partial charge in [0.15, 0.2) is 12.4 Å². The fourth-order valence-corrected chi connectivity index (χ4v) is 8.36. The number of carboxylic acid groups (broad SMARTS) is 1. The lowest BCUT2D eigenvalue weighted by molar-refractivity contribution is -0.870. The summed E-state index contributed by atoms with van der Waals surface area (Å²) < 4.78 is 22.7. The molecule has 0 radical (unpaired) electrons. The van der Waals surface area contributed by atoms with Gasteiger partial charge >= 0.3 is 11.9 Å². The monoisotopic (exact) mass is 1020 g/mol. The zero-order valence-corrected chi connectivity index (χ0v) is 48.0. The molecule has 0 aromatic heterocycles. The molecular weight excluding hydrogens is 911 g/mol. The molecule has 0 N–H and O–H groups in total. The standard InChI is InChI=1S/C64H113NO8/c1-6-8-10-12-14-16-18-20-22-24-26-27-28-29-30-31-32-33-34-35-37-39-41-43-45-47-49-51-53-55-62(67)73-60(59-72-64(63(68)69)70-57-56-65(3,4)5)58-71-61(66)54-52-50-48-46-44-42-40-38-36-25-23-21-19-17-15-13-11-9-7-2/h8,10,14,16,20,22,26-27,29-30,32-33,60,64H,6-7,9,11-13,15,17-19,21,23-25,28,31,34-59H2,1-5H3/b10-8-,16-14-,22-20-,27-26-,30-29-,33-32-. The van der Waals surface area contributed by atoms with E-state index < -0.39 is 24.3 Å². The lowest BCUT2D eigenvalue weighted by Crippen LogP contribution is -2.44. The molecule has 9 heteroatoms. The lowest BCUT2D eigenvalue weighted by Gasteiger charge is -2.26. The van der Waals surface area contributed by atoms with E-state index in [-0.39, 0.29) is 32.2 Å². The Bertz CT molecular complexity index is 1420. The van der Waals surface area contributed by atoms with Crippen LogP contribution in [0.3, 0.4) is 0 Å². The van der Waals surface area contributed by atoms with Crippen LogP contribution in [0.15, 0.2) is 72.9 Å². The summed E-state index contributed by atoms with van der Waals surface area (Å²) in [7, 11) is 5.92. The molecule has 0 aromatic rings. The van der Waals surface area contributed by atoms with Gasteiger partial charge in [0.25, 0.3) is 0 Å². The lowest BCUT2D eigenvalue weighted by atomic mass is 10.0. The highest BCUT2D eigenvalue weighted by molar-refractivity contribution is 5.70. The van der Waals surface area contributed by atoms with Crippen molar-refractivity contribution in [3.05, 3.63) is 72.9 Å². The first kappa shape index (κ1) is 69.7. The number of quaternary nitrogens is 1. The number of carboxylic acids is 1. The molecule has 422 valence electrons. The molecule has 0 fully saturated rings. The van der Waals surface area contributed by atoms with Crippen LogP contribution in [0.2, 0.25) is 0 Å². The number of hydrogen-bond donors (Lipinski definition) is 0. The minimum absolute atomic E-state index is 0.146. The van der Waals surface area contributed by atoms with Gasteiger partial charge in [0.1, 0.15) is 13.2 Å². The van der Waals surface area contributed by atoms with E-state index in [1.807, 2.05) is 21.1 Å². The first-order valence-electron chi connectivity index (χ1n) is 30.1. The topological polar surface area (TPSA) is 111 Å². The third-order valence-electron chi connectivity index (χ3n) is 13.0. The van der Waals surface area contributed by atoms with Crippen molar-refractivity contribution in [2.45, 2.75) is 270 Å². The molecule has 9 nitrogen and oxygen atoms in total. The number of unbranched alkanes of at least 4 members (excludes halogenated alkanes) is 28. The Balaban J connectivity index is 4.22. The number of aliphatic carboxylic acids is 1. The van der Waals surface area contributed by atoms with Crippen LogP contribution in [0.1, 0.15) is 258 Å². The first-order valence-corrected chi connectivity index (χ1v) is 30.1. The summed E-state index contributed by atoms with van der Waals surface area (Å²) in [5.74, 6) is -2.28. The Labute approximate surface area is 449 Å². The van der Waals surface area contributed by atoms with Crippen LogP contribution in [0.4, 0.5) is 0 Å². The third kappa shape index (κ3) is 56.3. The van der Waals surface area contributed by atoms with Crippen LogP contribution in [-0.4, -0.2) is 82.3 Å². The van der Waals surface area contributed by atoms with Gasteiger partial charge in [-0.1, -0.05) is 254 Å². The quantitative estimate of drug-likeness (QED) is 0.0195. The maximum Gasteiger partial charge on any atom is 0.306 e. The number of rotatable bonds is 55. The Morgan fingerprint density at radius 3 is 1.16 bits per heavy atom. The minimum Gasteiger partial charge on any atom is -0.545 e. The largest absolute Gasteiger partial charge is 0.545 e. The van der Waals surface area contributed by atoms with Crippen LogP contribution in [-0.2, 0) is 33.3 Å². The van der Waals surface area contributed by atoms with E-state index in [0.717, 1.165) is 83.5 Å². The normalized spacial score (nSPS) is 13.3. The number of carbonyl (C=O) groups excluding carboxylic acids is 3. The molecule has 0 aliphatic carbocycles. The van der Waals surface area contributed by atoms with E-state index in [0.29, 0.717) is 23.9 Å². The average molecular weight is 1020 g/mol. The Morgan fingerprint density at radius 1 is 0.425 bits per heavy atom. The van der Waals surface area contributed by atoms with Crippen LogP contribution in [0.5, 0.6) is 0 Å². The van der Waals surface area contributed by atoms with Crippen LogP contribution >= 0.6 is 0 Å². The molecule has 0 spiro atoms. The first-order chi connectivity index (χ1) is 35.6. The third-order valence-corrected chi connectivity index (χ3v) is 13.0. The van der Waals surface area contributed by atoms with E-state index in [1.165, 1.54) is 141 Å². The van der Waals surface area contributed by atoms with Gasteiger partial charge in [-0.3, -0.25) is 9.59 Å². The predicted molar refractivity (Wildman–Crippen MR) is 306 cm³/mol. The van der Waals surface area contributed by atoms with Gasteiger partial charge in [-0.05, 0) is 64.2 Å². The molecule has 0 rings (SSSR count). The number of ether oxygens (including phenoxy) is 4. The van der Waals surface area contributed by atoms with Crippen molar-refractivity contribution in [2.75, 3.05) is 47.5 Å². The highest BCUT2D eigenvalue weighted by Crippen LogP contribution is 2.17. The molecule has 0 bridgehead atoms. The number of likely N-dealkylation sites (N-methyl/N-ethyl adjacent to an activating group) is 1. The van der Waals surface area contributed by atoms with Crippen LogP contribution in [0.25, 0.3) is 0 Å². The SMILES string of the molecule is CC/C=C\C/C=C\C/C=C\C/C=C\C/C=C\C/C=C\CCCCCCCCCCCCC(=O)OC(COC(=O)CCCCCCCCCCCCCCCCCCCCC)COC(OCC[N+](C)(C)C)C(=O)[O-]. The number of allylic oxidation sites excluding steroid dienone is 12. The minimum atomic E-state index is -1.62. The van der Waals surface area contributed by atoms with Gasteiger partial charge in [-0.2, -0.15) is 0 Å². The average Bonchev–Trinajstić information content (AvgIpc) is 3.36. The Kier molecular flexibility index (Phi) is 52.5. The fourth-order valence-electron chi connectivity index (χ4n) is 8.36. The van der Waals surface area contributed by atoms with E-state index in [2.05, 4.69) is 86.8 Å². The summed E-state index contributed by atoms with van der Waals surface area (Å²) in [4.78, 5) is 37.3. The molecule has 0 amide bonds. The van der Waals surface area contributed by atoms with Crippen LogP contribution < -0.4 is 5.11 Å². The smallest absolute Gasteiger partial charge is 0.306 e. The van der Waals surface area contributed by atoms with Gasteiger partial charge in [0, 0.05) is 12.8 Å². The summed E-state index contributed by atoms with van der Waals surface area (Å²) in [6.45, 7) is 4.66. The van der Waals surface area contributed by atoms with Crippen molar-refractivity contribution in [1.82, 2.24) is 0 Å². The van der Waals surface area contributed by atoms with Gasteiger partial charge < -0.3 is 33.3 Å². The zero-order chi connectivity index (χ0) is 53.4. The van der Waals surface area contributed by atoms with Crippen molar-refractivity contribution in [1.29, 1.82) is 0 Å². The zero-order valence-electron chi connectivity index (χ0n) is 48.0. The molecular formula is C64H113NO8. The summed E-state index contributed by atoms with van der Waals surface area (Å²) >= 11 is 0. The maximum atomic E-state index is 12.9. The van der Waals surface area contributed by atoms with Crippen molar-refractivity contribution in [3.63, 3.8) is 0 Å². The highest BCUT2D eigenvalue weighted by atomic mass is 16.7. The summed E-state index contributed by atoms with van der Waals surface area (Å²) in [5.41, 5.74) is 0. The molecule has 0 saturated carbocycles. The molecule has 0 aliphatic heterocycles. The summed E-state index contributed by atoms with van der Waals surface area (Å²) in [5, 5.41) is 11.8. The fraction of sp³-hybridized carbons (Fsp3) is 0.766. The van der Waals surface area contributed by atoms with Crippen molar-refractivity contribution >= 4 is 17.9 Å². The molecule has 73 heavy (non-hydrogen) atoms. The number of esters is 2. The van der Waals surface area contributed by atoms with E-state index in [1.54, 1.807) is 0 Å². The van der Waals surface area contributed by atoms with Gasteiger partial charge in [-0.25, -0.2) is 0 Å². The molecule has 2 unspecified atom stereocenters. The van der Waals surface area contributed by atoms with E-state index in [4.69, 9.17) is 18.9 Å². The molecule has 0 saturated heterocycles. The second kappa shape index (κ2) is 55.0. The molecule has 0 aromatic carbocycles. The molecule has 2 atom stereocenters. The summed E-state index contributed by atoms with van der Waals surface area (Å²) in [6.07, 6.45) is 68.0. The Morgan fingerprint density at radius 2 is 0.781 bits per heavy atom. The van der Waals surface area contributed by atoms with E-state index >= 15 is 0 Å². The van der Waals surface area contributed by atoms with Gasteiger partial charge in [0.05, 0.1) is 40.3 Å². The summed E-state index contributed by atoms with van der Waals surface area (Å²) in [6, 6.07) is 0. The van der Waals surface area contributed by atoms with Crippen molar-refractivity contribution in [2.24, 2.45) is 0 Å². The maximum absolute atomic E-state index is 12.9. The number of carbonyl (C=O) groups is 3. The number of hydrogen-bond acceptors (Lipinski definition) is 8. The van der Waals surface area contributed by atoms with Crippen molar-refractivity contribution < 1.29 is 42.9 Å². The molecule has 0 aliphatic rings. The second-order valence-electron chi connectivity index (χ2n) is 21.3. The van der Waals surface area contributed by atoms with Gasteiger partial charge in [-0.15, -0.1) is 0 Å². The van der Waals surface area contributed by atoms with Crippen LogP contribution in [0, 0.1) is 0 Å². The molecule has 0 heterocycles. The highest BCUT2D eigenvalue weighted by Gasteiger charge is 2.22.